The fourth-order valence-corrected chi connectivity index (χ4v) is 0.889. The van der Waals surface area contributed by atoms with Crippen molar-refractivity contribution in [3.05, 3.63) is 24.3 Å². The molecule has 5 nitrogen and oxygen atoms in total. The maximum Gasteiger partial charge on any atom is 0.319 e. The average Bonchev–Trinajstić information content (AvgIpc) is 2.18. The van der Waals surface area contributed by atoms with Gasteiger partial charge in [0.25, 0.3) is 0 Å². The summed E-state index contributed by atoms with van der Waals surface area (Å²) in [5.41, 5.74) is 0.582. The molecule has 1 aromatic rings. The number of carbonyl (C=O) groups excluding carboxylic acids is 1. The summed E-state index contributed by atoms with van der Waals surface area (Å²) >= 11 is 0. The van der Waals surface area contributed by atoms with Crippen LogP contribution in [0.5, 0.6) is 5.75 Å². The minimum atomic E-state index is -0.385. The van der Waals surface area contributed by atoms with Crippen LogP contribution in [-0.2, 0) is 0 Å². The number of rotatable bonds is 3. The van der Waals surface area contributed by atoms with Crippen molar-refractivity contribution in [2.45, 2.75) is 0 Å². The number of amides is 2. The number of nitrogens with one attached hydrogen (secondary N) is 2. The molecule has 0 radical (unpaired) electrons. The predicted molar refractivity (Wildman–Crippen MR) is 52.2 cm³/mol. The lowest BCUT2D eigenvalue weighted by atomic mass is 10.3. The van der Waals surface area contributed by atoms with Gasteiger partial charge < -0.3 is 20.8 Å². The Hall–Kier alpha value is -1.75. The number of hydrogen-bond acceptors (Lipinski definition) is 3. The Labute approximate surface area is 81.4 Å². The van der Waals surface area contributed by atoms with Crippen LogP contribution in [0.25, 0.3) is 0 Å². The molecule has 2 amide bonds. The SMILES string of the molecule is O=C(NCCO)Nc1ccc(O)cc1. The van der Waals surface area contributed by atoms with E-state index in [1.165, 1.54) is 12.1 Å². The number of phenols is 1. The molecule has 0 atom stereocenters. The van der Waals surface area contributed by atoms with Crippen LogP contribution < -0.4 is 10.6 Å². The van der Waals surface area contributed by atoms with Gasteiger partial charge in [0.05, 0.1) is 6.61 Å². The Morgan fingerprint density at radius 1 is 1.29 bits per heavy atom. The molecule has 0 aliphatic heterocycles. The van der Waals surface area contributed by atoms with E-state index >= 15 is 0 Å². The summed E-state index contributed by atoms with van der Waals surface area (Å²) in [6.45, 7) is 0.118. The van der Waals surface area contributed by atoms with Gasteiger partial charge >= 0.3 is 6.03 Å². The molecule has 76 valence electrons. The van der Waals surface area contributed by atoms with Crippen LogP contribution in [0, 0.1) is 0 Å². The van der Waals surface area contributed by atoms with E-state index in [0.29, 0.717) is 5.69 Å². The van der Waals surface area contributed by atoms with E-state index in [4.69, 9.17) is 10.2 Å². The number of phenolic OH excluding ortho intramolecular Hbond substituents is 1. The average molecular weight is 196 g/mol. The molecule has 1 rings (SSSR count). The maximum absolute atomic E-state index is 11.1. The molecule has 0 aliphatic rings. The van der Waals surface area contributed by atoms with Crippen molar-refractivity contribution in [1.29, 1.82) is 0 Å². The first kappa shape index (κ1) is 10.3. The molecule has 4 N–H and O–H groups in total. The minimum absolute atomic E-state index is 0.0942. The predicted octanol–water partition coefficient (Wildman–Crippen LogP) is 0.506. The Bertz CT molecular complexity index is 297. The van der Waals surface area contributed by atoms with Gasteiger partial charge in [0.15, 0.2) is 0 Å². The second-order valence-corrected chi connectivity index (χ2v) is 2.65. The van der Waals surface area contributed by atoms with E-state index < -0.39 is 0 Å². The normalized spacial score (nSPS) is 9.50. The summed E-state index contributed by atoms with van der Waals surface area (Å²) in [6.07, 6.45) is 0. The van der Waals surface area contributed by atoms with Crippen molar-refractivity contribution < 1.29 is 15.0 Å². The lowest BCUT2D eigenvalue weighted by Crippen LogP contribution is -2.30. The van der Waals surface area contributed by atoms with Crippen molar-refractivity contribution in [1.82, 2.24) is 5.32 Å². The molecule has 0 spiro atoms. The third-order valence-electron chi connectivity index (χ3n) is 1.52. The second kappa shape index (κ2) is 5.08. The number of urea groups is 1. The highest BCUT2D eigenvalue weighted by molar-refractivity contribution is 5.89. The molecule has 0 aromatic heterocycles. The van der Waals surface area contributed by atoms with Crippen molar-refractivity contribution in [3.8, 4) is 5.75 Å². The summed E-state index contributed by atoms with van der Waals surface area (Å²) in [7, 11) is 0. The molecule has 0 bridgehead atoms. The molecule has 0 saturated heterocycles. The van der Waals surface area contributed by atoms with Gasteiger partial charge in [-0.25, -0.2) is 4.79 Å². The van der Waals surface area contributed by atoms with Crippen molar-refractivity contribution >= 4 is 11.7 Å². The van der Waals surface area contributed by atoms with Crippen molar-refractivity contribution in [2.24, 2.45) is 0 Å². The highest BCUT2D eigenvalue weighted by atomic mass is 16.3. The third-order valence-corrected chi connectivity index (χ3v) is 1.52. The van der Waals surface area contributed by atoms with Crippen LogP contribution in [-0.4, -0.2) is 29.4 Å². The van der Waals surface area contributed by atoms with Crippen molar-refractivity contribution in [3.63, 3.8) is 0 Å². The molecule has 0 aliphatic carbocycles. The van der Waals surface area contributed by atoms with Gasteiger partial charge in [0.2, 0.25) is 0 Å². The van der Waals surface area contributed by atoms with Crippen LogP contribution in [0.2, 0.25) is 0 Å². The highest BCUT2D eigenvalue weighted by Crippen LogP contribution is 2.13. The van der Waals surface area contributed by atoms with Gasteiger partial charge in [0, 0.05) is 12.2 Å². The number of aromatic hydroxyl groups is 1. The van der Waals surface area contributed by atoms with E-state index in [9.17, 15) is 4.79 Å². The van der Waals surface area contributed by atoms with E-state index in [2.05, 4.69) is 10.6 Å². The lowest BCUT2D eigenvalue weighted by molar-refractivity contribution is 0.245. The summed E-state index contributed by atoms with van der Waals surface area (Å²) in [5.74, 6) is 0.145. The molecular weight excluding hydrogens is 184 g/mol. The Morgan fingerprint density at radius 2 is 1.93 bits per heavy atom. The molecule has 5 heteroatoms. The first-order valence-electron chi connectivity index (χ1n) is 4.17. The zero-order valence-electron chi connectivity index (χ0n) is 7.53. The van der Waals surface area contributed by atoms with E-state index in [1.54, 1.807) is 12.1 Å². The van der Waals surface area contributed by atoms with Gasteiger partial charge in [-0.05, 0) is 24.3 Å². The van der Waals surface area contributed by atoms with Crippen LogP contribution in [0.3, 0.4) is 0 Å². The molecule has 14 heavy (non-hydrogen) atoms. The van der Waals surface area contributed by atoms with Crippen molar-refractivity contribution in [2.75, 3.05) is 18.5 Å². The number of carbonyl (C=O) groups is 1. The molecular formula is C9H12N2O3. The summed E-state index contributed by atoms with van der Waals surface area (Å²) in [6, 6.07) is 5.72. The molecule has 0 saturated carbocycles. The molecule has 0 unspecified atom stereocenters. The lowest BCUT2D eigenvalue weighted by Gasteiger charge is -2.05. The monoisotopic (exact) mass is 196 g/mol. The number of aliphatic hydroxyl groups excluding tert-OH is 1. The number of anilines is 1. The van der Waals surface area contributed by atoms with Crippen LogP contribution in [0.15, 0.2) is 24.3 Å². The molecule has 1 aromatic carbocycles. The van der Waals surface area contributed by atoms with Crippen LogP contribution in [0.4, 0.5) is 10.5 Å². The minimum Gasteiger partial charge on any atom is -0.508 e. The smallest absolute Gasteiger partial charge is 0.319 e. The summed E-state index contributed by atoms with van der Waals surface area (Å²) in [4.78, 5) is 11.1. The maximum atomic E-state index is 11.1. The number of hydrogen-bond donors (Lipinski definition) is 4. The highest BCUT2D eigenvalue weighted by Gasteiger charge is 1.99. The zero-order valence-corrected chi connectivity index (χ0v) is 7.53. The number of aliphatic hydroxyl groups is 1. The van der Waals surface area contributed by atoms with Gasteiger partial charge in [-0.1, -0.05) is 0 Å². The first-order valence-corrected chi connectivity index (χ1v) is 4.17. The Morgan fingerprint density at radius 3 is 2.50 bits per heavy atom. The van der Waals surface area contributed by atoms with E-state index in [0.717, 1.165) is 0 Å². The topological polar surface area (TPSA) is 81.6 Å². The van der Waals surface area contributed by atoms with E-state index in [-0.39, 0.29) is 24.9 Å². The van der Waals surface area contributed by atoms with E-state index in [1.807, 2.05) is 0 Å². The zero-order chi connectivity index (χ0) is 10.4. The number of benzene rings is 1. The van der Waals surface area contributed by atoms with Gasteiger partial charge in [-0.3, -0.25) is 0 Å². The second-order valence-electron chi connectivity index (χ2n) is 2.65. The van der Waals surface area contributed by atoms with Gasteiger partial charge in [0.1, 0.15) is 5.75 Å². The van der Waals surface area contributed by atoms with Crippen LogP contribution in [0.1, 0.15) is 0 Å². The van der Waals surface area contributed by atoms with Crippen LogP contribution >= 0.6 is 0 Å². The Balaban J connectivity index is 2.44. The quantitative estimate of drug-likeness (QED) is 0.531. The summed E-state index contributed by atoms with van der Waals surface area (Å²) < 4.78 is 0. The van der Waals surface area contributed by atoms with Gasteiger partial charge in [-0.2, -0.15) is 0 Å². The standard InChI is InChI=1S/C9H12N2O3/c12-6-5-10-9(14)11-7-1-3-8(13)4-2-7/h1-4,12-13H,5-6H2,(H2,10,11,14). The van der Waals surface area contributed by atoms with Gasteiger partial charge in [-0.15, -0.1) is 0 Å². The Kier molecular flexibility index (Phi) is 3.75. The summed E-state index contributed by atoms with van der Waals surface area (Å²) in [5, 5.41) is 22.4. The molecule has 0 fully saturated rings. The molecule has 0 heterocycles. The fraction of sp³-hybridized carbons (Fsp3) is 0.222. The fourth-order valence-electron chi connectivity index (χ4n) is 0.889. The third kappa shape index (κ3) is 3.32. The first-order chi connectivity index (χ1) is 6.72. The largest absolute Gasteiger partial charge is 0.508 e.